The molecule has 0 aliphatic carbocycles. The van der Waals surface area contributed by atoms with Crippen molar-refractivity contribution in [3.63, 3.8) is 0 Å². The Balaban J connectivity index is 1.75. The van der Waals surface area contributed by atoms with Gasteiger partial charge >= 0.3 is 0 Å². The summed E-state index contributed by atoms with van der Waals surface area (Å²) in [4.78, 5) is 0. The Labute approximate surface area is 142 Å². The van der Waals surface area contributed by atoms with E-state index in [1.165, 1.54) is 10.9 Å². The highest BCUT2D eigenvalue weighted by Crippen LogP contribution is 2.56. The third-order valence-electron chi connectivity index (χ3n) is 5.29. The molecule has 1 aromatic heterocycles. The number of ether oxygens (including phenoxy) is 1. The fourth-order valence-electron chi connectivity index (χ4n) is 4.00. The smallest absolute Gasteiger partial charge is 0.260 e. The Kier molecular flexibility index (Phi) is 3.74. The van der Waals surface area contributed by atoms with E-state index in [1.807, 2.05) is 30.3 Å². The van der Waals surface area contributed by atoms with Crippen LogP contribution in [0.15, 0.2) is 47.6 Å². The molecule has 1 unspecified atom stereocenters. The number of aromatic nitrogens is 2. The zero-order valence-corrected chi connectivity index (χ0v) is 14.4. The first-order chi connectivity index (χ1) is 11.5. The highest BCUT2D eigenvalue weighted by molar-refractivity contribution is 7.89. The van der Waals surface area contributed by atoms with Crippen LogP contribution in [0.1, 0.15) is 24.4 Å². The van der Waals surface area contributed by atoms with Gasteiger partial charge in [-0.1, -0.05) is 30.3 Å². The molecule has 0 saturated carbocycles. The van der Waals surface area contributed by atoms with Gasteiger partial charge in [-0.05, 0) is 24.5 Å². The van der Waals surface area contributed by atoms with Crippen LogP contribution in [-0.4, -0.2) is 42.3 Å². The van der Waals surface area contributed by atoms with E-state index in [0.29, 0.717) is 19.8 Å². The summed E-state index contributed by atoms with van der Waals surface area (Å²) >= 11 is 0. The monoisotopic (exact) mass is 347 g/mol. The SMILES string of the molecule is Cn1nccc1S(=O)(=O)N1CC2(CCOCC2)C1c1ccccc1. The molecule has 3 heterocycles. The number of aryl methyl sites for hydroxylation is 1. The van der Waals surface area contributed by atoms with Crippen LogP contribution in [0, 0.1) is 5.41 Å². The first-order valence-corrected chi connectivity index (χ1v) is 9.61. The quantitative estimate of drug-likeness (QED) is 0.851. The van der Waals surface area contributed by atoms with Crippen LogP contribution in [0.25, 0.3) is 0 Å². The van der Waals surface area contributed by atoms with E-state index in [1.54, 1.807) is 17.4 Å². The van der Waals surface area contributed by atoms with E-state index in [-0.39, 0.29) is 16.5 Å². The van der Waals surface area contributed by atoms with Crippen molar-refractivity contribution in [2.75, 3.05) is 19.8 Å². The average molecular weight is 347 g/mol. The number of nitrogens with zero attached hydrogens (tertiary/aromatic N) is 3. The minimum absolute atomic E-state index is 0.0226. The Bertz CT molecular complexity index is 826. The van der Waals surface area contributed by atoms with Crippen LogP contribution in [0.5, 0.6) is 0 Å². The highest BCUT2D eigenvalue weighted by Gasteiger charge is 2.58. The summed E-state index contributed by atoms with van der Waals surface area (Å²) < 4.78 is 34.8. The second-order valence-electron chi connectivity index (χ2n) is 6.63. The lowest BCUT2D eigenvalue weighted by Gasteiger charge is -2.58. The third-order valence-corrected chi connectivity index (χ3v) is 7.18. The summed E-state index contributed by atoms with van der Waals surface area (Å²) in [6, 6.07) is 11.4. The lowest BCUT2D eigenvalue weighted by molar-refractivity contribution is -0.0953. The first-order valence-electron chi connectivity index (χ1n) is 8.17. The van der Waals surface area contributed by atoms with Gasteiger partial charge in [0.15, 0.2) is 5.03 Å². The van der Waals surface area contributed by atoms with Crippen molar-refractivity contribution < 1.29 is 13.2 Å². The molecule has 0 N–H and O–H groups in total. The summed E-state index contributed by atoms with van der Waals surface area (Å²) in [6.07, 6.45) is 3.31. The molecule has 0 radical (unpaired) electrons. The van der Waals surface area contributed by atoms with Gasteiger partial charge in [-0.2, -0.15) is 9.40 Å². The minimum atomic E-state index is -3.57. The van der Waals surface area contributed by atoms with Gasteiger partial charge in [0, 0.05) is 32.2 Å². The zero-order valence-electron chi connectivity index (χ0n) is 13.6. The zero-order chi connectivity index (χ0) is 16.8. The molecule has 1 aromatic carbocycles. The van der Waals surface area contributed by atoms with E-state index in [2.05, 4.69) is 5.10 Å². The predicted octanol–water partition coefficient (Wildman–Crippen LogP) is 1.96. The molecule has 0 amide bonds. The largest absolute Gasteiger partial charge is 0.381 e. The van der Waals surface area contributed by atoms with Crippen LogP contribution in [0.2, 0.25) is 0 Å². The van der Waals surface area contributed by atoms with Crippen LogP contribution in [-0.2, 0) is 21.8 Å². The van der Waals surface area contributed by atoms with E-state index >= 15 is 0 Å². The molecule has 2 aliphatic rings. The summed E-state index contributed by atoms with van der Waals surface area (Å²) in [6.45, 7) is 1.94. The molecule has 1 atom stereocenters. The Morgan fingerprint density at radius 2 is 1.88 bits per heavy atom. The second-order valence-corrected chi connectivity index (χ2v) is 8.47. The molecule has 6 nitrogen and oxygen atoms in total. The van der Waals surface area contributed by atoms with Gasteiger partial charge in [-0.15, -0.1) is 0 Å². The van der Waals surface area contributed by atoms with Crippen molar-refractivity contribution in [1.82, 2.24) is 14.1 Å². The van der Waals surface area contributed by atoms with Crippen molar-refractivity contribution in [2.24, 2.45) is 12.5 Å². The fraction of sp³-hybridized carbons (Fsp3) is 0.471. The van der Waals surface area contributed by atoms with Gasteiger partial charge in [0.2, 0.25) is 0 Å². The number of hydrogen-bond donors (Lipinski definition) is 0. The van der Waals surface area contributed by atoms with E-state index in [9.17, 15) is 8.42 Å². The maximum Gasteiger partial charge on any atom is 0.260 e. The molecule has 24 heavy (non-hydrogen) atoms. The standard InChI is InChI=1S/C17H21N3O3S/c1-19-15(7-10-18-19)24(21,22)20-13-17(8-11-23-12-9-17)16(20)14-5-3-2-4-6-14/h2-7,10,16H,8-9,11-13H2,1H3. The Morgan fingerprint density at radius 3 is 2.50 bits per heavy atom. The summed E-state index contributed by atoms with van der Waals surface area (Å²) in [5, 5.41) is 4.26. The van der Waals surface area contributed by atoms with E-state index in [0.717, 1.165) is 18.4 Å². The van der Waals surface area contributed by atoms with Gasteiger partial charge in [-0.25, -0.2) is 8.42 Å². The van der Waals surface area contributed by atoms with Gasteiger partial charge in [-0.3, -0.25) is 4.68 Å². The minimum Gasteiger partial charge on any atom is -0.381 e. The maximum atomic E-state index is 13.1. The molecule has 2 fully saturated rings. The molecular weight excluding hydrogens is 326 g/mol. The third kappa shape index (κ3) is 2.30. The predicted molar refractivity (Wildman–Crippen MR) is 88.8 cm³/mol. The molecule has 7 heteroatoms. The number of sulfonamides is 1. The Morgan fingerprint density at radius 1 is 1.17 bits per heavy atom. The Hall–Kier alpha value is -1.70. The number of rotatable bonds is 3. The van der Waals surface area contributed by atoms with Crippen LogP contribution in [0.4, 0.5) is 0 Å². The van der Waals surface area contributed by atoms with Gasteiger partial charge in [0.25, 0.3) is 10.0 Å². The maximum absolute atomic E-state index is 13.1. The first kappa shape index (κ1) is 15.8. The molecule has 1 spiro atoms. The molecular formula is C17H21N3O3S. The molecule has 128 valence electrons. The normalized spacial score (nSPS) is 24.0. The molecule has 4 rings (SSSR count). The van der Waals surface area contributed by atoms with Crippen LogP contribution >= 0.6 is 0 Å². The van der Waals surface area contributed by atoms with E-state index < -0.39 is 10.0 Å². The molecule has 2 aromatic rings. The van der Waals surface area contributed by atoms with Crippen molar-refractivity contribution in [1.29, 1.82) is 0 Å². The lowest BCUT2D eigenvalue weighted by atomic mass is 9.65. The highest BCUT2D eigenvalue weighted by atomic mass is 32.2. The molecule has 0 bridgehead atoms. The van der Waals surface area contributed by atoms with Gasteiger partial charge in [0.05, 0.1) is 12.2 Å². The van der Waals surface area contributed by atoms with Crippen molar-refractivity contribution in [3.05, 3.63) is 48.2 Å². The topological polar surface area (TPSA) is 64.4 Å². The summed E-state index contributed by atoms with van der Waals surface area (Å²) in [7, 11) is -1.91. The van der Waals surface area contributed by atoms with Crippen LogP contribution in [0.3, 0.4) is 0 Å². The van der Waals surface area contributed by atoms with Gasteiger partial charge in [0.1, 0.15) is 0 Å². The molecule has 2 saturated heterocycles. The summed E-state index contributed by atoms with van der Waals surface area (Å²) in [5.41, 5.74) is 1.03. The van der Waals surface area contributed by atoms with E-state index in [4.69, 9.17) is 4.74 Å². The lowest BCUT2D eigenvalue weighted by Crippen LogP contribution is -2.62. The summed E-state index contributed by atoms with van der Waals surface area (Å²) in [5.74, 6) is 0. The second kappa shape index (κ2) is 5.68. The fourth-order valence-corrected chi connectivity index (χ4v) is 5.91. The van der Waals surface area contributed by atoms with Crippen molar-refractivity contribution >= 4 is 10.0 Å². The van der Waals surface area contributed by atoms with Crippen molar-refractivity contribution in [2.45, 2.75) is 23.9 Å². The van der Waals surface area contributed by atoms with Crippen LogP contribution < -0.4 is 0 Å². The number of hydrogen-bond acceptors (Lipinski definition) is 4. The number of benzene rings is 1. The van der Waals surface area contributed by atoms with Crippen molar-refractivity contribution in [3.8, 4) is 0 Å². The average Bonchev–Trinajstić information content (AvgIpc) is 3.01. The molecule has 2 aliphatic heterocycles. The van der Waals surface area contributed by atoms with Gasteiger partial charge < -0.3 is 4.74 Å².